The van der Waals surface area contributed by atoms with Crippen LogP contribution in [-0.2, 0) is 10.0 Å². The largest absolute Gasteiger partial charge is 0.295 e. The molecule has 0 fully saturated rings. The minimum absolute atomic E-state index is 0.142. The van der Waals surface area contributed by atoms with Crippen LogP contribution in [0.4, 0.5) is 13.2 Å². The van der Waals surface area contributed by atoms with Crippen molar-refractivity contribution in [1.82, 2.24) is 8.96 Å². The summed E-state index contributed by atoms with van der Waals surface area (Å²) in [6.45, 7) is 3.26. The van der Waals surface area contributed by atoms with Crippen molar-refractivity contribution in [3.05, 3.63) is 131 Å². The summed E-state index contributed by atoms with van der Waals surface area (Å²) < 4.78 is 71.5. The Labute approximate surface area is 262 Å². The highest BCUT2D eigenvalue weighted by molar-refractivity contribution is 7.90. The van der Waals surface area contributed by atoms with Gasteiger partial charge in [-0.15, -0.1) is 0 Å². The highest BCUT2D eigenvalue weighted by Gasteiger charge is 2.30. The Kier molecular flexibility index (Phi) is 7.84. The van der Waals surface area contributed by atoms with Crippen LogP contribution in [-0.4, -0.2) is 23.2 Å². The maximum absolute atomic E-state index is 14.8. The zero-order chi connectivity index (χ0) is 32.0. The first-order valence-corrected chi connectivity index (χ1v) is 15.6. The molecule has 0 amide bonds. The first kappa shape index (κ1) is 30.3. The molecule has 0 aliphatic heterocycles. The van der Waals surface area contributed by atoms with Crippen molar-refractivity contribution in [2.45, 2.75) is 25.2 Å². The molecule has 2 heterocycles. The summed E-state index contributed by atoms with van der Waals surface area (Å²) in [6.07, 6.45) is -1.20. The lowest BCUT2D eigenvalue weighted by Gasteiger charge is -2.16. The number of alkyl halides is 2. The van der Waals surface area contributed by atoms with E-state index in [0.29, 0.717) is 43.9 Å². The Morgan fingerprint density at radius 2 is 1.62 bits per heavy atom. The van der Waals surface area contributed by atoms with Crippen molar-refractivity contribution in [2.24, 2.45) is 0 Å². The molecule has 6 aromatic rings. The van der Waals surface area contributed by atoms with E-state index in [1.165, 1.54) is 25.1 Å². The maximum atomic E-state index is 14.8. The zero-order valence-corrected chi connectivity index (χ0v) is 25.5. The SMILES string of the molecule is CC(=O)c1ccc(-c2cccc(-c3c(-c4ncccc4C)c4cc(F)ccc4n3S(=O)(=O)c3ccc(C(F)F)cc3)c2)c(Cl)c1. The van der Waals surface area contributed by atoms with E-state index in [4.69, 9.17) is 11.6 Å². The van der Waals surface area contributed by atoms with Crippen molar-refractivity contribution >= 4 is 38.3 Å². The number of carbonyl (C=O) groups is 1. The van der Waals surface area contributed by atoms with Gasteiger partial charge in [0.15, 0.2) is 5.78 Å². The Morgan fingerprint density at radius 3 is 2.29 bits per heavy atom. The lowest BCUT2D eigenvalue weighted by atomic mass is 9.96. The number of rotatable bonds is 7. The van der Waals surface area contributed by atoms with Crippen LogP contribution in [0.25, 0.3) is 44.5 Å². The van der Waals surface area contributed by atoms with Crippen LogP contribution in [0.5, 0.6) is 0 Å². The van der Waals surface area contributed by atoms with E-state index in [1.54, 1.807) is 54.7 Å². The smallest absolute Gasteiger partial charge is 0.268 e. The van der Waals surface area contributed by atoms with E-state index in [-0.39, 0.29) is 27.5 Å². The molecule has 226 valence electrons. The topological polar surface area (TPSA) is 69.0 Å². The summed E-state index contributed by atoms with van der Waals surface area (Å²) in [5, 5.41) is 0.629. The summed E-state index contributed by atoms with van der Waals surface area (Å²) in [5.41, 5.74) is 3.74. The lowest BCUT2D eigenvalue weighted by Crippen LogP contribution is -2.14. The third kappa shape index (κ3) is 5.43. The monoisotopic (exact) mass is 644 g/mol. The van der Waals surface area contributed by atoms with Gasteiger partial charge in [0.05, 0.1) is 21.8 Å². The van der Waals surface area contributed by atoms with Gasteiger partial charge in [-0.25, -0.2) is 25.6 Å². The van der Waals surface area contributed by atoms with Crippen LogP contribution in [0.15, 0.2) is 108 Å². The molecule has 6 rings (SSSR count). The summed E-state index contributed by atoms with van der Waals surface area (Å²) in [4.78, 5) is 16.2. The zero-order valence-electron chi connectivity index (χ0n) is 23.9. The number of hydrogen-bond donors (Lipinski definition) is 0. The molecule has 0 spiro atoms. The van der Waals surface area contributed by atoms with Gasteiger partial charge in [0.1, 0.15) is 5.82 Å². The molecule has 0 bridgehead atoms. The quantitative estimate of drug-likeness (QED) is 0.162. The molecule has 0 atom stereocenters. The van der Waals surface area contributed by atoms with E-state index in [9.17, 15) is 26.4 Å². The van der Waals surface area contributed by atoms with Crippen LogP contribution in [0.2, 0.25) is 5.02 Å². The summed E-state index contributed by atoms with van der Waals surface area (Å²) in [6, 6.07) is 23.7. The number of fused-ring (bicyclic) bond motifs is 1. The Hall–Kier alpha value is -4.73. The van der Waals surface area contributed by atoms with Gasteiger partial charge in [0.25, 0.3) is 16.4 Å². The van der Waals surface area contributed by atoms with Crippen molar-refractivity contribution in [3.63, 3.8) is 0 Å². The number of hydrogen-bond acceptors (Lipinski definition) is 4. The van der Waals surface area contributed by atoms with Crippen LogP contribution >= 0.6 is 11.6 Å². The van der Waals surface area contributed by atoms with Crippen molar-refractivity contribution in [1.29, 1.82) is 0 Å². The molecule has 4 aromatic carbocycles. The van der Waals surface area contributed by atoms with Gasteiger partial charge in [0.2, 0.25) is 0 Å². The van der Waals surface area contributed by atoms with E-state index in [0.717, 1.165) is 33.8 Å². The van der Waals surface area contributed by atoms with E-state index < -0.39 is 22.3 Å². The summed E-state index contributed by atoms with van der Waals surface area (Å²) in [5.74, 6) is -0.720. The highest BCUT2D eigenvalue weighted by Crippen LogP contribution is 2.44. The molecule has 0 unspecified atom stereocenters. The third-order valence-electron chi connectivity index (χ3n) is 7.63. The van der Waals surface area contributed by atoms with Crippen molar-refractivity contribution in [3.8, 4) is 33.6 Å². The molecule has 5 nitrogen and oxygen atoms in total. The molecule has 2 aromatic heterocycles. The minimum Gasteiger partial charge on any atom is -0.295 e. The molecule has 0 aliphatic rings. The van der Waals surface area contributed by atoms with Gasteiger partial charge in [-0.05, 0) is 73.5 Å². The Balaban J connectivity index is 1.70. The fourth-order valence-electron chi connectivity index (χ4n) is 5.43. The predicted octanol–water partition coefficient (Wildman–Crippen LogP) is 9.52. The van der Waals surface area contributed by atoms with Crippen molar-refractivity contribution in [2.75, 3.05) is 0 Å². The number of carbonyl (C=O) groups excluding carboxylic acids is 1. The lowest BCUT2D eigenvalue weighted by molar-refractivity contribution is 0.101. The van der Waals surface area contributed by atoms with E-state index in [2.05, 4.69) is 4.98 Å². The first-order chi connectivity index (χ1) is 21.5. The van der Waals surface area contributed by atoms with E-state index >= 15 is 0 Å². The number of pyridine rings is 1. The number of halogens is 4. The molecular formula is C35H24ClF3N2O3S. The third-order valence-corrected chi connectivity index (χ3v) is 9.67. The number of Topliss-reactive ketones (excluding diaryl/α,β-unsaturated/α-hetero) is 1. The average Bonchev–Trinajstić information content (AvgIpc) is 3.36. The predicted molar refractivity (Wildman–Crippen MR) is 170 cm³/mol. The van der Waals surface area contributed by atoms with Gasteiger partial charge in [0, 0.05) is 44.4 Å². The standard InChI is InChI=1S/C35H24ClF3N2O3S/c1-20-5-4-16-40-33(20)32-29-19-26(37)11-15-31(29)41(45(43,44)27-12-8-22(9-13-27)35(38)39)34(32)25-7-3-6-24(17-25)28-14-10-23(21(2)42)18-30(28)36/h3-19,35H,1-2H3. The van der Waals surface area contributed by atoms with Gasteiger partial charge in [-0.1, -0.05) is 60.1 Å². The van der Waals surface area contributed by atoms with Crippen LogP contribution < -0.4 is 0 Å². The van der Waals surface area contributed by atoms with Gasteiger partial charge in [-0.3, -0.25) is 9.78 Å². The van der Waals surface area contributed by atoms with Crippen LogP contribution in [0.3, 0.4) is 0 Å². The number of nitrogens with zero attached hydrogens (tertiary/aromatic N) is 2. The summed E-state index contributed by atoms with van der Waals surface area (Å²) in [7, 11) is -4.44. The second kappa shape index (κ2) is 11.6. The van der Waals surface area contributed by atoms with Gasteiger partial charge < -0.3 is 0 Å². The highest BCUT2D eigenvalue weighted by atomic mass is 35.5. The average molecular weight is 645 g/mol. The molecule has 0 saturated heterocycles. The second-order valence-electron chi connectivity index (χ2n) is 10.5. The Bertz CT molecular complexity index is 2230. The molecule has 0 saturated carbocycles. The molecule has 0 N–H and O–H groups in total. The number of aryl methyl sites for hydroxylation is 1. The number of ketones is 1. The number of benzene rings is 4. The van der Waals surface area contributed by atoms with Crippen molar-refractivity contribution < 1.29 is 26.4 Å². The number of aromatic nitrogens is 2. The summed E-state index contributed by atoms with van der Waals surface area (Å²) >= 11 is 6.60. The normalized spacial score (nSPS) is 11.8. The molecular weight excluding hydrogens is 621 g/mol. The maximum Gasteiger partial charge on any atom is 0.268 e. The van der Waals surface area contributed by atoms with Crippen LogP contribution in [0, 0.1) is 12.7 Å². The fraction of sp³-hybridized carbons (Fsp3) is 0.0857. The molecule has 0 aliphatic carbocycles. The Morgan fingerprint density at radius 1 is 0.889 bits per heavy atom. The van der Waals surface area contributed by atoms with Gasteiger partial charge >= 0.3 is 0 Å². The molecule has 10 heteroatoms. The van der Waals surface area contributed by atoms with Gasteiger partial charge in [-0.2, -0.15) is 0 Å². The fourth-order valence-corrected chi connectivity index (χ4v) is 7.26. The molecule has 0 radical (unpaired) electrons. The minimum atomic E-state index is -4.44. The van der Waals surface area contributed by atoms with E-state index in [1.807, 2.05) is 13.0 Å². The second-order valence-corrected chi connectivity index (χ2v) is 12.7. The van der Waals surface area contributed by atoms with Crippen LogP contribution in [0.1, 0.15) is 34.8 Å². The molecule has 45 heavy (non-hydrogen) atoms. The first-order valence-electron chi connectivity index (χ1n) is 13.8.